The lowest BCUT2D eigenvalue weighted by Crippen LogP contribution is -2.38. The van der Waals surface area contributed by atoms with Crippen molar-refractivity contribution < 1.29 is 9.84 Å². The van der Waals surface area contributed by atoms with Crippen LogP contribution in [-0.2, 0) is 4.74 Å². The van der Waals surface area contributed by atoms with E-state index in [1.54, 1.807) is 0 Å². The van der Waals surface area contributed by atoms with Gasteiger partial charge in [-0.3, -0.25) is 0 Å². The summed E-state index contributed by atoms with van der Waals surface area (Å²) in [6.07, 6.45) is 2.12. The van der Waals surface area contributed by atoms with Crippen LogP contribution in [0.3, 0.4) is 0 Å². The summed E-state index contributed by atoms with van der Waals surface area (Å²) in [6, 6.07) is 8.12. The van der Waals surface area contributed by atoms with Crippen LogP contribution >= 0.6 is 0 Å². The number of aryl methyl sites for hydroxylation is 1. The number of para-hydroxylation sites is 1. The number of anilines is 1. The zero-order valence-corrected chi connectivity index (χ0v) is 11.3. The molecule has 1 aliphatic heterocycles. The van der Waals surface area contributed by atoms with Gasteiger partial charge in [0.1, 0.15) is 6.07 Å². The minimum Gasteiger partial charge on any atom is -0.394 e. The summed E-state index contributed by atoms with van der Waals surface area (Å²) in [6.45, 7) is 4.34. The van der Waals surface area contributed by atoms with Crippen molar-refractivity contribution in [2.75, 3.05) is 31.2 Å². The van der Waals surface area contributed by atoms with Gasteiger partial charge in [0.15, 0.2) is 0 Å². The molecular weight excluding hydrogens is 240 g/mol. The highest BCUT2D eigenvalue weighted by Crippen LogP contribution is 2.28. The summed E-state index contributed by atoms with van der Waals surface area (Å²) in [5.74, 6) is 0. The monoisotopic (exact) mass is 260 g/mol. The maximum atomic E-state index is 9.21. The Balaban J connectivity index is 2.04. The Kier molecular flexibility index (Phi) is 4.78. The fourth-order valence-corrected chi connectivity index (χ4v) is 2.63. The average molecular weight is 260 g/mol. The third kappa shape index (κ3) is 3.25. The van der Waals surface area contributed by atoms with Crippen molar-refractivity contribution in [2.45, 2.75) is 25.9 Å². The van der Waals surface area contributed by atoms with Crippen LogP contribution in [0.25, 0.3) is 0 Å². The second kappa shape index (κ2) is 6.55. The quantitative estimate of drug-likeness (QED) is 0.897. The number of hydrogen-bond donors (Lipinski definition) is 1. The first-order valence-electron chi connectivity index (χ1n) is 6.73. The second-order valence-electron chi connectivity index (χ2n) is 4.86. The largest absolute Gasteiger partial charge is 0.394 e. The summed E-state index contributed by atoms with van der Waals surface area (Å²) < 4.78 is 5.56. The van der Waals surface area contributed by atoms with E-state index in [0.29, 0.717) is 6.61 Å². The third-order valence-corrected chi connectivity index (χ3v) is 3.56. The number of aliphatic hydroxyl groups excluding tert-OH is 1. The van der Waals surface area contributed by atoms with Crippen molar-refractivity contribution in [3.63, 3.8) is 0 Å². The number of benzene rings is 1. The van der Waals surface area contributed by atoms with Gasteiger partial charge in [-0.15, -0.1) is 0 Å². The van der Waals surface area contributed by atoms with Gasteiger partial charge in [0.05, 0.1) is 30.6 Å². The van der Waals surface area contributed by atoms with Crippen molar-refractivity contribution in [1.29, 1.82) is 5.26 Å². The summed E-state index contributed by atoms with van der Waals surface area (Å²) in [7, 11) is 0. The van der Waals surface area contributed by atoms with E-state index < -0.39 is 0 Å². The van der Waals surface area contributed by atoms with Crippen molar-refractivity contribution in [3.8, 4) is 6.07 Å². The Morgan fingerprint density at radius 3 is 2.79 bits per heavy atom. The fraction of sp³-hybridized carbons (Fsp3) is 0.533. The van der Waals surface area contributed by atoms with Gasteiger partial charge in [-0.25, -0.2) is 0 Å². The van der Waals surface area contributed by atoms with E-state index in [1.165, 1.54) is 0 Å². The zero-order valence-electron chi connectivity index (χ0n) is 11.3. The molecule has 1 saturated heterocycles. The van der Waals surface area contributed by atoms with E-state index in [1.807, 2.05) is 25.1 Å². The summed E-state index contributed by atoms with van der Waals surface area (Å²) >= 11 is 0. The molecule has 0 aliphatic carbocycles. The van der Waals surface area contributed by atoms with Crippen LogP contribution in [-0.4, -0.2) is 37.5 Å². The highest BCUT2D eigenvalue weighted by molar-refractivity contribution is 5.64. The predicted molar refractivity (Wildman–Crippen MR) is 74.2 cm³/mol. The van der Waals surface area contributed by atoms with Crippen LogP contribution in [0.5, 0.6) is 0 Å². The van der Waals surface area contributed by atoms with Crippen molar-refractivity contribution >= 4 is 5.69 Å². The minimum absolute atomic E-state index is 0.0799. The molecule has 4 heteroatoms. The maximum Gasteiger partial charge on any atom is 0.101 e. The van der Waals surface area contributed by atoms with Gasteiger partial charge < -0.3 is 14.7 Å². The van der Waals surface area contributed by atoms with Gasteiger partial charge in [0.2, 0.25) is 0 Å². The van der Waals surface area contributed by atoms with E-state index in [4.69, 9.17) is 9.84 Å². The molecule has 19 heavy (non-hydrogen) atoms. The summed E-state index contributed by atoms with van der Waals surface area (Å²) in [5, 5.41) is 18.0. The van der Waals surface area contributed by atoms with E-state index in [2.05, 4.69) is 11.0 Å². The van der Waals surface area contributed by atoms with Gasteiger partial charge in [-0.05, 0) is 31.4 Å². The number of aliphatic hydroxyl groups is 1. The standard InChI is InChI=1S/C15H20N2O2/c1-12-3-2-4-13(11-16)15(12)17-7-5-14(6-8-17)19-10-9-18/h2-4,14,18H,5-10H2,1H3. The van der Waals surface area contributed by atoms with Crippen LogP contribution in [0.2, 0.25) is 0 Å². The van der Waals surface area contributed by atoms with Crippen LogP contribution in [0, 0.1) is 18.3 Å². The van der Waals surface area contributed by atoms with Gasteiger partial charge in [0, 0.05) is 13.1 Å². The number of ether oxygens (including phenoxy) is 1. The lowest BCUT2D eigenvalue weighted by atomic mass is 10.0. The van der Waals surface area contributed by atoms with Gasteiger partial charge in [-0.2, -0.15) is 5.26 Å². The Morgan fingerprint density at radius 1 is 1.42 bits per heavy atom. The molecule has 0 aromatic heterocycles. The van der Waals surface area contributed by atoms with Crippen molar-refractivity contribution in [3.05, 3.63) is 29.3 Å². The lowest BCUT2D eigenvalue weighted by molar-refractivity contribution is 0.0159. The molecule has 1 fully saturated rings. The van der Waals surface area contributed by atoms with Gasteiger partial charge in [-0.1, -0.05) is 12.1 Å². The number of nitrogens with zero attached hydrogens (tertiary/aromatic N) is 2. The Morgan fingerprint density at radius 2 is 2.16 bits per heavy atom. The fourth-order valence-electron chi connectivity index (χ4n) is 2.63. The third-order valence-electron chi connectivity index (χ3n) is 3.56. The number of nitriles is 1. The molecule has 1 heterocycles. The lowest BCUT2D eigenvalue weighted by Gasteiger charge is -2.34. The molecule has 0 saturated carbocycles. The maximum absolute atomic E-state index is 9.21. The Hall–Kier alpha value is -1.57. The van der Waals surface area contributed by atoms with Crippen LogP contribution in [0.15, 0.2) is 18.2 Å². The average Bonchev–Trinajstić information content (AvgIpc) is 2.45. The molecule has 0 amide bonds. The number of hydrogen-bond acceptors (Lipinski definition) is 4. The van der Waals surface area contributed by atoms with Crippen molar-refractivity contribution in [2.24, 2.45) is 0 Å². The first-order valence-corrected chi connectivity index (χ1v) is 6.73. The van der Waals surface area contributed by atoms with Crippen LogP contribution in [0.4, 0.5) is 5.69 Å². The topological polar surface area (TPSA) is 56.5 Å². The molecule has 102 valence electrons. The van der Waals surface area contributed by atoms with Crippen LogP contribution < -0.4 is 4.90 Å². The van der Waals surface area contributed by atoms with Gasteiger partial charge in [0.25, 0.3) is 0 Å². The Bertz CT molecular complexity index is 460. The molecule has 4 nitrogen and oxygen atoms in total. The minimum atomic E-state index is 0.0799. The highest BCUT2D eigenvalue weighted by atomic mass is 16.5. The molecule has 0 spiro atoms. The molecule has 0 unspecified atom stereocenters. The van der Waals surface area contributed by atoms with E-state index >= 15 is 0 Å². The predicted octanol–water partition coefficient (Wildman–Crippen LogP) is 1.84. The molecule has 1 aromatic rings. The first-order chi connectivity index (χ1) is 9.26. The molecule has 2 rings (SSSR count). The number of rotatable bonds is 4. The molecular formula is C15H20N2O2. The normalized spacial score (nSPS) is 16.4. The first kappa shape index (κ1) is 13.9. The van der Waals surface area contributed by atoms with E-state index in [0.717, 1.165) is 42.7 Å². The molecule has 1 N–H and O–H groups in total. The second-order valence-corrected chi connectivity index (χ2v) is 4.86. The molecule has 0 atom stereocenters. The van der Waals surface area contributed by atoms with Crippen molar-refractivity contribution in [1.82, 2.24) is 0 Å². The molecule has 1 aromatic carbocycles. The number of piperidine rings is 1. The molecule has 1 aliphatic rings. The molecule has 0 radical (unpaired) electrons. The Labute approximate surface area is 114 Å². The smallest absolute Gasteiger partial charge is 0.101 e. The SMILES string of the molecule is Cc1cccc(C#N)c1N1CCC(OCCO)CC1. The van der Waals surface area contributed by atoms with Gasteiger partial charge >= 0.3 is 0 Å². The summed E-state index contributed by atoms with van der Waals surface area (Å²) in [5.41, 5.74) is 2.95. The zero-order chi connectivity index (χ0) is 13.7. The highest BCUT2D eigenvalue weighted by Gasteiger charge is 2.22. The molecule has 0 bridgehead atoms. The van der Waals surface area contributed by atoms with Crippen LogP contribution in [0.1, 0.15) is 24.0 Å². The van der Waals surface area contributed by atoms with E-state index in [-0.39, 0.29) is 12.7 Å². The van der Waals surface area contributed by atoms with E-state index in [9.17, 15) is 5.26 Å². The summed E-state index contributed by atoms with van der Waals surface area (Å²) in [4.78, 5) is 2.27.